The van der Waals surface area contributed by atoms with Gasteiger partial charge in [0.2, 0.25) is 5.91 Å². The number of ether oxygens (including phenoxy) is 1. The predicted molar refractivity (Wildman–Crippen MR) is 137 cm³/mol. The van der Waals surface area contributed by atoms with Crippen molar-refractivity contribution in [3.05, 3.63) is 90.5 Å². The highest BCUT2D eigenvalue weighted by Gasteiger charge is 2.20. The fraction of sp³-hybridized carbons (Fsp3) is 0.185. The van der Waals surface area contributed by atoms with Crippen molar-refractivity contribution in [1.82, 2.24) is 20.1 Å². The number of aromatic nitrogens is 3. The summed E-state index contributed by atoms with van der Waals surface area (Å²) in [6.45, 7) is 1.49. The standard InChI is InChI=1S/C27H26N4O3S/c1-19(32)24(16-20-10-5-3-6-11-20)28-25(33)18-35-27-30-29-26(21-12-9-15-23(17-21)34-2)31(27)22-13-7-4-8-14-22/h3-15,17,24H,16,18H2,1-2H3,(H,28,33)/t24-/m0/s1. The number of nitrogens with one attached hydrogen (secondary N) is 1. The van der Waals surface area contributed by atoms with Gasteiger partial charge in [-0.2, -0.15) is 0 Å². The van der Waals surface area contributed by atoms with Gasteiger partial charge in [0, 0.05) is 11.3 Å². The molecule has 0 saturated carbocycles. The molecule has 4 rings (SSSR count). The summed E-state index contributed by atoms with van der Waals surface area (Å²) in [7, 11) is 1.62. The van der Waals surface area contributed by atoms with Crippen LogP contribution in [0.4, 0.5) is 0 Å². The highest BCUT2D eigenvalue weighted by atomic mass is 32.2. The topological polar surface area (TPSA) is 86.1 Å². The van der Waals surface area contributed by atoms with Crippen LogP contribution in [0.1, 0.15) is 12.5 Å². The number of hydrogen-bond acceptors (Lipinski definition) is 6. The van der Waals surface area contributed by atoms with E-state index in [-0.39, 0.29) is 17.4 Å². The minimum absolute atomic E-state index is 0.0834. The normalized spacial score (nSPS) is 11.6. The molecule has 4 aromatic rings. The first-order valence-electron chi connectivity index (χ1n) is 11.2. The monoisotopic (exact) mass is 486 g/mol. The van der Waals surface area contributed by atoms with Crippen LogP contribution in [0.2, 0.25) is 0 Å². The minimum atomic E-state index is -0.579. The number of thioether (sulfide) groups is 1. The molecule has 178 valence electrons. The maximum absolute atomic E-state index is 12.8. The average molecular weight is 487 g/mol. The summed E-state index contributed by atoms with van der Waals surface area (Å²) in [5.41, 5.74) is 2.72. The Morgan fingerprint density at radius 2 is 1.69 bits per heavy atom. The molecule has 0 fully saturated rings. The van der Waals surface area contributed by atoms with Gasteiger partial charge >= 0.3 is 0 Å². The number of Topliss-reactive ketones (excluding diaryl/α,β-unsaturated/α-hetero) is 1. The van der Waals surface area contributed by atoms with E-state index in [9.17, 15) is 9.59 Å². The number of nitrogens with zero attached hydrogens (tertiary/aromatic N) is 3. The zero-order chi connectivity index (χ0) is 24.6. The molecule has 0 aliphatic rings. The van der Waals surface area contributed by atoms with Crippen LogP contribution in [0.15, 0.2) is 90.1 Å². The molecular formula is C27H26N4O3S. The van der Waals surface area contributed by atoms with Gasteiger partial charge < -0.3 is 10.1 Å². The van der Waals surface area contributed by atoms with E-state index in [2.05, 4.69) is 15.5 Å². The molecule has 0 aliphatic carbocycles. The summed E-state index contributed by atoms with van der Waals surface area (Å²) in [5, 5.41) is 12.2. The quantitative estimate of drug-likeness (QED) is 0.336. The number of para-hydroxylation sites is 1. The van der Waals surface area contributed by atoms with Crippen LogP contribution in [0, 0.1) is 0 Å². The molecule has 8 heteroatoms. The largest absolute Gasteiger partial charge is 0.497 e. The second kappa shape index (κ2) is 11.5. The number of hydrogen-bond donors (Lipinski definition) is 1. The minimum Gasteiger partial charge on any atom is -0.497 e. The second-order valence-electron chi connectivity index (χ2n) is 7.92. The lowest BCUT2D eigenvalue weighted by atomic mass is 10.0. The zero-order valence-electron chi connectivity index (χ0n) is 19.5. The molecule has 0 aliphatic heterocycles. The molecule has 3 aromatic carbocycles. The third-order valence-corrected chi connectivity index (χ3v) is 6.35. The Kier molecular flexibility index (Phi) is 7.95. The number of ketones is 1. The summed E-state index contributed by atoms with van der Waals surface area (Å²) in [6.07, 6.45) is 0.451. The third-order valence-electron chi connectivity index (χ3n) is 5.42. The zero-order valence-corrected chi connectivity index (χ0v) is 20.4. The van der Waals surface area contributed by atoms with Gasteiger partial charge in [0.25, 0.3) is 0 Å². The molecule has 0 bridgehead atoms. The van der Waals surface area contributed by atoms with Crippen molar-refractivity contribution in [2.45, 2.75) is 24.5 Å². The van der Waals surface area contributed by atoms with Gasteiger partial charge in [-0.05, 0) is 43.2 Å². The summed E-state index contributed by atoms with van der Waals surface area (Å²) < 4.78 is 7.28. The summed E-state index contributed by atoms with van der Waals surface area (Å²) in [6, 6.07) is 26.4. The Bertz CT molecular complexity index is 1290. The number of amides is 1. The van der Waals surface area contributed by atoms with Gasteiger partial charge in [0.1, 0.15) is 5.75 Å². The van der Waals surface area contributed by atoms with Crippen molar-refractivity contribution >= 4 is 23.5 Å². The maximum atomic E-state index is 12.8. The van der Waals surface area contributed by atoms with Crippen LogP contribution in [-0.4, -0.2) is 45.4 Å². The first kappa shape index (κ1) is 24.2. The van der Waals surface area contributed by atoms with Crippen molar-refractivity contribution in [2.24, 2.45) is 0 Å². The predicted octanol–water partition coefficient (Wildman–Crippen LogP) is 4.35. The highest BCUT2D eigenvalue weighted by Crippen LogP contribution is 2.29. The van der Waals surface area contributed by atoms with Crippen LogP contribution in [0.3, 0.4) is 0 Å². The molecule has 0 radical (unpaired) electrons. The van der Waals surface area contributed by atoms with Gasteiger partial charge in [0.15, 0.2) is 16.8 Å². The van der Waals surface area contributed by atoms with Crippen LogP contribution in [0.5, 0.6) is 5.75 Å². The van der Waals surface area contributed by atoms with Crippen LogP contribution in [0.25, 0.3) is 17.1 Å². The van der Waals surface area contributed by atoms with Gasteiger partial charge in [-0.3, -0.25) is 14.2 Å². The lowest BCUT2D eigenvalue weighted by Gasteiger charge is -2.16. The van der Waals surface area contributed by atoms with E-state index < -0.39 is 6.04 Å². The molecule has 1 amide bonds. The Labute approximate surface area is 208 Å². The molecule has 0 spiro atoms. The van der Waals surface area contributed by atoms with Crippen molar-refractivity contribution in [2.75, 3.05) is 12.9 Å². The molecular weight excluding hydrogens is 460 g/mol. The maximum Gasteiger partial charge on any atom is 0.231 e. The Hall–Kier alpha value is -3.91. The Balaban J connectivity index is 1.53. The molecule has 7 nitrogen and oxygen atoms in total. The average Bonchev–Trinajstić information content (AvgIpc) is 3.32. The number of benzene rings is 3. The second-order valence-corrected chi connectivity index (χ2v) is 8.86. The van der Waals surface area contributed by atoms with E-state index in [0.717, 1.165) is 16.8 Å². The van der Waals surface area contributed by atoms with Crippen molar-refractivity contribution in [3.8, 4) is 22.8 Å². The van der Waals surface area contributed by atoms with Crippen molar-refractivity contribution in [3.63, 3.8) is 0 Å². The first-order valence-corrected chi connectivity index (χ1v) is 12.2. The van der Waals surface area contributed by atoms with E-state index >= 15 is 0 Å². The molecule has 1 aromatic heterocycles. The van der Waals surface area contributed by atoms with Gasteiger partial charge in [-0.25, -0.2) is 0 Å². The van der Waals surface area contributed by atoms with Crippen molar-refractivity contribution in [1.29, 1.82) is 0 Å². The highest BCUT2D eigenvalue weighted by molar-refractivity contribution is 7.99. The van der Waals surface area contributed by atoms with E-state index in [1.807, 2.05) is 89.5 Å². The van der Waals surface area contributed by atoms with Crippen molar-refractivity contribution < 1.29 is 14.3 Å². The lowest BCUT2D eigenvalue weighted by molar-refractivity contribution is -0.125. The number of methoxy groups -OCH3 is 1. The molecule has 1 atom stereocenters. The van der Waals surface area contributed by atoms with Gasteiger partial charge in [-0.15, -0.1) is 10.2 Å². The summed E-state index contributed by atoms with van der Waals surface area (Å²) >= 11 is 1.27. The van der Waals surface area contributed by atoms with Crippen LogP contribution >= 0.6 is 11.8 Å². The Morgan fingerprint density at radius 1 is 0.971 bits per heavy atom. The lowest BCUT2D eigenvalue weighted by Crippen LogP contribution is -2.42. The third kappa shape index (κ3) is 6.16. The van der Waals surface area contributed by atoms with Crippen LogP contribution < -0.4 is 10.1 Å². The number of rotatable bonds is 10. The molecule has 0 unspecified atom stereocenters. The Morgan fingerprint density at radius 3 is 2.37 bits per heavy atom. The summed E-state index contributed by atoms with van der Waals surface area (Å²) in [4.78, 5) is 24.9. The van der Waals surface area contributed by atoms with E-state index in [4.69, 9.17) is 4.74 Å². The SMILES string of the molecule is COc1cccc(-c2nnc(SCC(=O)N[C@@H](Cc3ccccc3)C(C)=O)n2-c2ccccc2)c1. The molecule has 1 heterocycles. The van der Waals surface area contributed by atoms with E-state index in [1.165, 1.54) is 18.7 Å². The fourth-order valence-electron chi connectivity index (χ4n) is 3.63. The van der Waals surface area contributed by atoms with Crippen LogP contribution in [-0.2, 0) is 16.0 Å². The van der Waals surface area contributed by atoms with E-state index in [0.29, 0.717) is 23.2 Å². The molecule has 0 saturated heterocycles. The first-order chi connectivity index (χ1) is 17.0. The van der Waals surface area contributed by atoms with E-state index in [1.54, 1.807) is 7.11 Å². The number of carbonyl (C=O) groups is 2. The van der Waals surface area contributed by atoms with Gasteiger partial charge in [0.05, 0.1) is 18.9 Å². The fourth-order valence-corrected chi connectivity index (χ4v) is 4.40. The van der Waals surface area contributed by atoms with Gasteiger partial charge in [-0.1, -0.05) is 72.4 Å². The molecule has 35 heavy (non-hydrogen) atoms. The smallest absolute Gasteiger partial charge is 0.231 e. The summed E-state index contributed by atoms with van der Waals surface area (Å²) in [5.74, 6) is 1.13. The molecule has 1 N–H and O–H groups in total. The number of carbonyl (C=O) groups excluding carboxylic acids is 2.